The van der Waals surface area contributed by atoms with E-state index in [2.05, 4.69) is 0 Å². The molecule has 0 saturated carbocycles. The zero-order chi connectivity index (χ0) is 6.69. The summed E-state index contributed by atoms with van der Waals surface area (Å²) in [7, 11) is 1.60. The minimum absolute atomic E-state index is 0.165. The van der Waals surface area contributed by atoms with Crippen molar-refractivity contribution in [1.29, 1.82) is 0 Å². The van der Waals surface area contributed by atoms with Crippen LogP contribution in [0.25, 0.3) is 0 Å². The highest BCUT2D eigenvalue weighted by atomic mass is 16.7. The molecule has 0 aromatic heterocycles. The third kappa shape index (κ3) is 1.41. The lowest BCUT2D eigenvalue weighted by Gasteiger charge is -2.12. The summed E-state index contributed by atoms with van der Waals surface area (Å²) in [6.45, 7) is 0.877. The van der Waals surface area contributed by atoms with Gasteiger partial charge in [-0.1, -0.05) is 0 Å². The topological polar surface area (TPSA) is 38.7 Å². The molecule has 54 valence electrons. The monoisotopic (exact) mass is 132 g/mol. The van der Waals surface area contributed by atoms with Gasteiger partial charge in [-0.3, -0.25) is 0 Å². The molecular weight excluding hydrogens is 120 g/mol. The van der Waals surface area contributed by atoms with Crippen molar-refractivity contribution in [3.05, 3.63) is 0 Å². The van der Waals surface area contributed by atoms with Crippen molar-refractivity contribution in [2.24, 2.45) is 5.92 Å². The first-order valence-corrected chi connectivity index (χ1v) is 3.13. The van der Waals surface area contributed by atoms with Crippen LogP contribution in [0.3, 0.4) is 0 Å². The molecule has 0 aliphatic carbocycles. The van der Waals surface area contributed by atoms with Crippen LogP contribution >= 0.6 is 0 Å². The molecule has 1 rings (SSSR count). The smallest absolute Gasteiger partial charge is 0.162 e. The van der Waals surface area contributed by atoms with Gasteiger partial charge in [0.2, 0.25) is 0 Å². The number of ether oxygens (including phenoxy) is 2. The molecule has 1 unspecified atom stereocenters. The van der Waals surface area contributed by atoms with Crippen molar-refractivity contribution in [1.82, 2.24) is 0 Å². The fourth-order valence-electron chi connectivity index (χ4n) is 1.05. The predicted molar refractivity (Wildman–Crippen MR) is 31.9 cm³/mol. The molecule has 1 aliphatic rings. The van der Waals surface area contributed by atoms with E-state index in [1.165, 1.54) is 0 Å². The van der Waals surface area contributed by atoms with Gasteiger partial charge >= 0.3 is 0 Å². The average Bonchev–Trinajstić information content (AvgIpc) is 2.33. The van der Waals surface area contributed by atoms with Gasteiger partial charge in [-0.05, 0) is 6.42 Å². The first-order valence-electron chi connectivity index (χ1n) is 3.13. The average molecular weight is 132 g/mol. The normalized spacial score (nSPS) is 35.3. The molecule has 0 aromatic rings. The third-order valence-corrected chi connectivity index (χ3v) is 1.62. The van der Waals surface area contributed by atoms with Crippen LogP contribution in [0.4, 0.5) is 0 Å². The Morgan fingerprint density at radius 1 is 1.78 bits per heavy atom. The highest BCUT2D eigenvalue weighted by Crippen LogP contribution is 2.19. The predicted octanol–water partition coefficient (Wildman–Crippen LogP) is -0.0123. The standard InChI is InChI=1S/C6H12O3/c1-8-6-5(4-7)2-3-9-6/h5-7H,2-4H2,1H3/t5-,6?/m1/s1. The van der Waals surface area contributed by atoms with Crippen LogP contribution in [0, 0.1) is 5.92 Å². The Kier molecular flexibility index (Phi) is 2.45. The summed E-state index contributed by atoms with van der Waals surface area (Å²) in [5.41, 5.74) is 0. The van der Waals surface area contributed by atoms with Gasteiger partial charge in [-0.15, -0.1) is 0 Å². The zero-order valence-corrected chi connectivity index (χ0v) is 5.54. The Labute approximate surface area is 54.6 Å². The molecule has 0 spiro atoms. The molecule has 1 fully saturated rings. The van der Waals surface area contributed by atoms with Gasteiger partial charge in [0.25, 0.3) is 0 Å². The second-order valence-corrected chi connectivity index (χ2v) is 2.21. The fourth-order valence-corrected chi connectivity index (χ4v) is 1.05. The van der Waals surface area contributed by atoms with Crippen LogP contribution in [0.1, 0.15) is 6.42 Å². The minimum atomic E-state index is -0.171. The van der Waals surface area contributed by atoms with E-state index in [1.807, 2.05) is 0 Å². The number of aliphatic hydroxyl groups is 1. The molecule has 1 heterocycles. The Bertz CT molecular complexity index is 74.4. The van der Waals surface area contributed by atoms with Crippen LogP contribution in [0.5, 0.6) is 0 Å². The molecule has 3 heteroatoms. The van der Waals surface area contributed by atoms with Crippen molar-refractivity contribution in [2.75, 3.05) is 20.3 Å². The summed E-state index contributed by atoms with van der Waals surface area (Å²) < 4.78 is 10.1. The Balaban J connectivity index is 2.32. The van der Waals surface area contributed by atoms with E-state index in [0.717, 1.165) is 6.42 Å². The van der Waals surface area contributed by atoms with Gasteiger partial charge in [0.15, 0.2) is 6.29 Å². The van der Waals surface area contributed by atoms with E-state index < -0.39 is 0 Å². The molecule has 3 nitrogen and oxygen atoms in total. The highest BCUT2D eigenvalue weighted by molar-refractivity contribution is 4.67. The van der Waals surface area contributed by atoms with Crippen LogP contribution in [-0.2, 0) is 9.47 Å². The van der Waals surface area contributed by atoms with Gasteiger partial charge in [-0.25, -0.2) is 0 Å². The molecule has 9 heavy (non-hydrogen) atoms. The second kappa shape index (κ2) is 3.15. The molecule has 1 N–H and O–H groups in total. The van der Waals surface area contributed by atoms with Crippen LogP contribution in [-0.4, -0.2) is 31.7 Å². The van der Waals surface area contributed by atoms with Gasteiger partial charge in [0.1, 0.15) is 0 Å². The summed E-state index contributed by atoms with van der Waals surface area (Å²) in [6, 6.07) is 0. The number of hydrogen-bond acceptors (Lipinski definition) is 3. The van der Waals surface area contributed by atoms with E-state index in [-0.39, 0.29) is 18.8 Å². The van der Waals surface area contributed by atoms with E-state index in [0.29, 0.717) is 6.61 Å². The Hall–Kier alpha value is -0.120. The summed E-state index contributed by atoms with van der Waals surface area (Å²) in [5.74, 6) is 0.190. The lowest BCUT2D eigenvalue weighted by Crippen LogP contribution is -2.20. The van der Waals surface area contributed by atoms with Crippen molar-refractivity contribution in [2.45, 2.75) is 12.7 Å². The first kappa shape index (κ1) is 6.99. The van der Waals surface area contributed by atoms with E-state index in [4.69, 9.17) is 14.6 Å². The molecule has 0 aromatic carbocycles. The van der Waals surface area contributed by atoms with Crippen molar-refractivity contribution < 1.29 is 14.6 Å². The SMILES string of the molecule is COC1OCC[C@@H]1CO. The molecule has 0 bridgehead atoms. The maximum atomic E-state index is 8.71. The van der Waals surface area contributed by atoms with Gasteiger partial charge in [0.05, 0.1) is 13.2 Å². The maximum Gasteiger partial charge on any atom is 0.162 e. The van der Waals surface area contributed by atoms with E-state index >= 15 is 0 Å². The number of hydrogen-bond donors (Lipinski definition) is 1. The third-order valence-electron chi connectivity index (χ3n) is 1.62. The molecular formula is C6H12O3. The Morgan fingerprint density at radius 2 is 2.56 bits per heavy atom. The quantitative estimate of drug-likeness (QED) is 0.574. The summed E-state index contributed by atoms with van der Waals surface area (Å²) >= 11 is 0. The fraction of sp³-hybridized carbons (Fsp3) is 1.00. The second-order valence-electron chi connectivity index (χ2n) is 2.21. The Morgan fingerprint density at radius 3 is 3.00 bits per heavy atom. The summed E-state index contributed by atoms with van der Waals surface area (Å²) in [5, 5.41) is 8.71. The molecule has 0 radical (unpaired) electrons. The maximum absolute atomic E-state index is 8.71. The lowest BCUT2D eigenvalue weighted by atomic mass is 10.1. The van der Waals surface area contributed by atoms with Crippen LogP contribution in [0.15, 0.2) is 0 Å². The van der Waals surface area contributed by atoms with Crippen LogP contribution in [0.2, 0.25) is 0 Å². The zero-order valence-electron chi connectivity index (χ0n) is 5.54. The van der Waals surface area contributed by atoms with Gasteiger partial charge in [0, 0.05) is 13.0 Å². The molecule has 2 atom stereocenters. The largest absolute Gasteiger partial charge is 0.396 e. The molecule has 0 amide bonds. The number of methoxy groups -OCH3 is 1. The summed E-state index contributed by atoms with van der Waals surface area (Å²) in [4.78, 5) is 0. The van der Waals surface area contributed by atoms with E-state index in [1.54, 1.807) is 7.11 Å². The van der Waals surface area contributed by atoms with Crippen molar-refractivity contribution >= 4 is 0 Å². The lowest BCUT2D eigenvalue weighted by molar-refractivity contribution is -0.116. The summed E-state index contributed by atoms with van der Waals surface area (Å²) in [6.07, 6.45) is 0.740. The molecule has 1 aliphatic heterocycles. The van der Waals surface area contributed by atoms with Crippen LogP contribution < -0.4 is 0 Å². The van der Waals surface area contributed by atoms with Crippen molar-refractivity contribution in [3.8, 4) is 0 Å². The number of rotatable bonds is 2. The van der Waals surface area contributed by atoms with Crippen molar-refractivity contribution in [3.63, 3.8) is 0 Å². The van der Waals surface area contributed by atoms with Gasteiger partial charge in [-0.2, -0.15) is 0 Å². The highest BCUT2D eigenvalue weighted by Gasteiger charge is 2.26. The molecule has 1 saturated heterocycles. The van der Waals surface area contributed by atoms with E-state index in [9.17, 15) is 0 Å². The first-order chi connectivity index (χ1) is 4.38. The minimum Gasteiger partial charge on any atom is -0.396 e. The van der Waals surface area contributed by atoms with Gasteiger partial charge < -0.3 is 14.6 Å². The number of aliphatic hydroxyl groups excluding tert-OH is 1.